The van der Waals surface area contributed by atoms with E-state index in [0.29, 0.717) is 17.4 Å². The Labute approximate surface area is 187 Å². The predicted molar refractivity (Wildman–Crippen MR) is 128 cm³/mol. The lowest BCUT2D eigenvalue weighted by atomic mass is 10.0. The number of anilines is 1. The van der Waals surface area contributed by atoms with Crippen LogP contribution in [0.4, 0.5) is 5.69 Å². The zero-order valence-corrected chi connectivity index (χ0v) is 18.3. The second-order valence-corrected chi connectivity index (χ2v) is 10.4. The van der Waals surface area contributed by atoms with Gasteiger partial charge in [0.1, 0.15) is 0 Å². The standard InChI is InChI=1S/C26H23N3O2S/c30-32(31,21-6-2-1-3-7-21)29-13-12-19-14-18(10-11-26(19)29)23-15-25(23)28-17-20-16-27-24-9-5-4-8-22(20)24/h1-11,14,16-17,23,25,27H,12-13,15H2/t23-,25+/m0/s1. The molecule has 2 heterocycles. The van der Waals surface area contributed by atoms with Gasteiger partial charge in [0.2, 0.25) is 0 Å². The summed E-state index contributed by atoms with van der Waals surface area (Å²) in [7, 11) is -3.53. The van der Waals surface area contributed by atoms with Gasteiger partial charge in [-0.2, -0.15) is 0 Å². The minimum atomic E-state index is -3.53. The molecule has 0 spiro atoms. The smallest absolute Gasteiger partial charge is 0.264 e. The van der Waals surface area contributed by atoms with Gasteiger partial charge in [-0.05, 0) is 48.2 Å². The lowest BCUT2D eigenvalue weighted by Crippen LogP contribution is -2.29. The van der Waals surface area contributed by atoms with Gasteiger partial charge in [0.25, 0.3) is 10.0 Å². The predicted octanol–water partition coefficient (Wildman–Crippen LogP) is 4.89. The number of H-pyrrole nitrogens is 1. The molecule has 2 atom stereocenters. The summed E-state index contributed by atoms with van der Waals surface area (Å²) in [5.74, 6) is 0.404. The highest BCUT2D eigenvalue weighted by atomic mass is 32.2. The van der Waals surface area contributed by atoms with E-state index in [1.54, 1.807) is 28.6 Å². The summed E-state index contributed by atoms with van der Waals surface area (Å²) >= 11 is 0. The maximum atomic E-state index is 13.1. The fraction of sp³-hybridized carbons (Fsp3) is 0.192. The fourth-order valence-corrected chi connectivity index (χ4v) is 6.20. The monoisotopic (exact) mass is 441 g/mol. The molecule has 1 aliphatic heterocycles. The Morgan fingerprint density at radius 1 is 1.00 bits per heavy atom. The van der Waals surface area contributed by atoms with Crippen LogP contribution in [0.1, 0.15) is 29.0 Å². The second kappa shape index (κ2) is 7.35. The SMILES string of the molecule is O=S(=O)(c1ccccc1)N1CCc2cc([C@@H]3C[C@H]3N=Cc3c[nH]c4ccccc34)ccc21. The first-order chi connectivity index (χ1) is 15.6. The Morgan fingerprint density at radius 3 is 2.69 bits per heavy atom. The van der Waals surface area contributed by atoms with E-state index in [9.17, 15) is 8.42 Å². The first kappa shape index (κ1) is 19.3. The first-order valence-corrected chi connectivity index (χ1v) is 12.4. The van der Waals surface area contributed by atoms with Gasteiger partial charge in [0, 0.05) is 41.3 Å². The van der Waals surface area contributed by atoms with Crippen LogP contribution in [-0.4, -0.2) is 32.2 Å². The summed E-state index contributed by atoms with van der Waals surface area (Å²) in [5.41, 5.74) is 5.39. The molecule has 5 nitrogen and oxygen atoms in total. The average molecular weight is 442 g/mol. The van der Waals surface area contributed by atoms with E-state index in [4.69, 9.17) is 4.99 Å². The number of aromatic nitrogens is 1. The maximum absolute atomic E-state index is 13.1. The van der Waals surface area contributed by atoms with Crippen molar-refractivity contribution in [2.45, 2.75) is 29.7 Å². The molecule has 4 aromatic rings. The third kappa shape index (κ3) is 3.22. The molecule has 1 N–H and O–H groups in total. The lowest BCUT2D eigenvalue weighted by Gasteiger charge is -2.19. The van der Waals surface area contributed by atoms with E-state index in [1.807, 2.05) is 36.7 Å². The van der Waals surface area contributed by atoms with Crippen LogP contribution in [0.5, 0.6) is 0 Å². The van der Waals surface area contributed by atoms with Crippen LogP contribution in [0.25, 0.3) is 10.9 Å². The number of nitrogens with zero attached hydrogens (tertiary/aromatic N) is 2. The molecule has 1 fully saturated rings. The first-order valence-electron chi connectivity index (χ1n) is 10.9. The molecule has 1 saturated carbocycles. The third-order valence-corrected chi connectivity index (χ3v) is 8.33. The Bertz CT molecular complexity index is 1440. The van der Waals surface area contributed by atoms with Gasteiger partial charge < -0.3 is 4.98 Å². The number of fused-ring (bicyclic) bond motifs is 2. The fourth-order valence-electron chi connectivity index (χ4n) is 4.67. The minimum Gasteiger partial charge on any atom is -0.361 e. The molecule has 3 aromatic carbocycles. The van der Waals surface area contributed by atoms with Crippen molar-refractivity contribution in [3.05, 3.63) is 95.7 Å². The van der Waals surface area contributed by atoms with Gasteiger partial charge in [-0.1, -0.05) is 48.5 Å². The van der Waals surface area contributed by atoms with Crippen molar-refractivity contribution in [2.75, 3.05) is 10.8 Å². The number of aliphatic imine (C=N–C) groups is 1. The van der Waals surface area contributed by atoms with Crippen molar-refractivity contribution in [3.8, 4) is 0 Å². The third-order valence-electron chi connectivity index (χ3n) is 6.50. The number of rotatable bonds is 5. The topological polar surface area (TPSA) is 65.5 Å². The summed E-state index contributed by atoms with van der Waals surface area (Å²) in [6, 6.07) is 23.4. The van der Waals surface area contributed by atoms with Crippen LogP contribution in [0.15, 0.2) is 88.9 Å². The van der Waals surface area contributed by atoms with Crippen molar-refractivity contribution in [3.63, 3.8) is 0 Å². The summed E-state index contributed by atoms with van der Waals surface area (Å²) in [6.45, 7) is 0.489. The number of sulfonamides is 1. The molecule has 0 unspecified atom stereocenters. The normalized spacial score (nSPS) is 20.2. The molecular weight excluding hydrogens is 418 g/mol. The Hall–Kier alpha value is -3.38. The van der Waals surface area contributed by atoms with Gasteiger partial charge in [-0.25, -0.2) is 8.42 Å². The van der Waals surface area contributed by atoms with E-state index in [-0.39, 0.29) is 6.04 Å². The molecule has 32 heavy (non-hydrogen) atoms. The van der Waals surface area contributed by atoms with Gasteiger partial charge in [-0.15, -0.1) is 0 Å². The maximum Gasteiger partial charge on any atom is 0.264 e. The molecule has 0 amide bonds. The molecular formula is C26H23N3O2S. The number of aromatic amines is 1. The molecule has 6 heteroatoms. The number of para-hydroxylation sites is 1. The van der Waals surface area contributed by atoms with Crippen LogP contribution in [0.2, 0.25) is 0 Å². The number of benzene rings is 3. The van der Waals surface area contributed by atoms with E-state index >= 15 is 0 Å². The molecule has 2 aliphatic rings. The molecule has 1 aromatic heterocycles. The Balaban J connectivity index is 1.20. The van der Waals surface area contributed by atoms with Crippen LogP contribution < -0.4 is 4.31 Å². The highest BCUT2D eigenvalue weighted by Gasteiger charge is 2.39. The molecule has 1 aliphatic carbocycles. The second-order valence-electron chi connectivity index (χ2n) is 8.51. The highest BCUT2D eigenvalue weighted by molar-refractivity contribution is 7.92. The van der Waals surface area contributed by atoms with Crippen LogP contribution >= 0.6 is 0 Å². The highest BCUT2D eigenvalue weighted by Crippen LogP contribution is 2.45. The van der Waals surface area contributed by atoms with Gasteiger partial charge in [-0.3, -0.25) is 9.30 Å². The van der Waals surface area contributed by atoms with Crippen molar-refractivity contribution < 1.29 is 8.42 Å². The molecule has 160 valence electrons. The Morgan fingerprint density at radius 2 is 1.81 bits per heavy atom. The van der Waals surface area contributed by atoms with Crippen molar-refractivity contribution in [2.24, 2.45) is 4.99 Å². The van der Waals surface area contributed by atoms with Crippen LogP contribution in [0.3, 0.4) is 0 Å². The molecule has 0 radical (unpaired) electrons. The van der Waals surface area contributed by atoms with E-state index in [0.717, 1.165) is 35.2 Å². The summed E-state index contributed by atoms with van der Waals surface area (Å²) in [4.78, 5) is 8.45. The van der Waals surface area contributed by atoms with Crippen molar-refractivity contribution >= 4 is 32.8 Å². The zero-order valence-electron chi connectivity index (χ0n) is 17.5. The molecule has 0 saturated heterocycles. The van der Waals surface area contributed by atoms with E-state index < -0.39 is 10.0 Å². The largest absolute Gasteiger partial charge is 0.361 e. The Kier molecular flexibility index (Phi) is 4.43. The van der Waals surface area contributed by atoms with Crippen molar-refractivity contribution in [1.29, 1.82) is 0 Å². The lowest BCUT2D eigenvalue weighted by molar-refractivity contribution is 0.592. The average Bonchev–Trinajstić information content (AvgIpc) is 3.28. The summed E-state index contributed by atoms with van der Waals surface area (Å²) in [6.07, 6.45) is 5.75. The molecule has 6 rings (SSSR count). The van der Waals surface area contributed by atoms with Gasteiger partial charge >= 0.3 is 0 Å². The summed E-state index contributed by atoms with van der Waals surface area (Å²) < 4.78 is 27.7. The molecule has 0 bridgehead atoms. The number of hydrogen-bond donors (Lipinski definition) is 1. The van der Waals surface area contributed by atoms with Gasteiger partial charge in [0.15, 0.2) is 0 Å². The van der Waals surface area contributed by atoms with Gasteiger partial charge in [0.05, 0.1) is 16.6 Å². The van der Waals surface area contributed by atoms with Crippen LogP contribution in [0, 0.1) is 0 Å². The number of hydrogen-bond acceptors (Lipinski definition) is 3. The minimum absolute atomic E-state index is 0.285. The van der Waals surface area contributed by atoms with Crippen molar-refractivity contribution in [1.82, 2.24) is 4.98 Å². The summed E-state index contributed by atoms with van der Waals surface area (Å²) in [5, 5.41) is 1.19. The zero-order chi connectivity index (χ0) is 21.7. The number of nitrogens with one attached hydrogen (secondary N) is 1. The quantitative estimate of drug-likeness (QED) is 0.448. The van der Waals surface area contributed by atoms with E-state index in [2.05, 4.69) is 29.2 Å². The van der Waals surface area contributed by atoms with E-state index in [1.165, 1.54) is 10.9 Å². The van der Waals surface area contributed by atoms with Crippen LogP contribution in [-0.2, 0) is 16.4 Å².